The van der Waals surface area contributed by atoms with Crippen LogP contribution in [0.3, 0.4) is 0 Å². The van der Waals surface area contributed by atoms with E-state index in [9.17, 15) is 0 Å². The zero-order chi connectivity index (χ0) is 17.5. The van der Waals surface area contributed by atoms with Crippen molar-refractivity contribution in [3.63, 3.8) is 0 Å². The lowest BCUT2D eigenvalue weighted by Crippen LogP contribution is -1.84. The van der Waals surface area contributed by atoms with E-state index in [0.717, 1.165) is 22.0 Å². The smallest absolute Gasteiger partial charge is 0.283 e. The van der Waals surface area contributed by atoms with Crippen LogP contribution in [0.4, 0.5) is 0 Å². The summed E-state index contributed by atoms with van der Waals surface area (Å²) in [5, 5.41) is 10.2. The van der Waals surface area contributed by atoms with E-state index in [0.29, 0.717) is 21.7 Å². The van der Waals surface area contributed by atoms with Gasteiger partial charge in [0.05, 0.1) is 0 Å². The first-order chi connectivity index (χ1) is 12.8. The molecule has 5 aromatic rings. The van der Waals surface area contributed by atoms with E-state index in [1.54, 1.807) is 0 Å². The number of furan rings is 1. The molecule has 0 aliphatic heterocycles. The third-order valence-corrected chi connectivity index (χ3v) is 4.84. The van der Waals surface area contributed by atoms with Crippen molar-refractivity contribution in [2.75, 3.05) is 0 Å². The number of aromatic nitrogens is 4. The van der Waals surface area contributed by atoms with Crippen molar-refractivity contribution >= 4 is 33.8 Å². The van der Waals surface area contributed by atoms with Gasteiger partial charge in [-0.15, -0.1) is 10.2 Å². The van der Waals surface area contributed by atoms with Crippen LogP contribution in [0.15, 0.2) is 73.9 Å². The summed E-state index contributed by atoms with van der Waals surface area (Å²) in [5.74, 6) is 0.474. The Labute approximate surface area is 152 Å². The van der Waals surface area contributed by atoms with Gasteiger partial charge in [0.15, 0.2) is 10.6 Å². The Kier molecular flexibility index (Phi) is 3.46. The Bertz CT molecular complexity index is 1230. The molecule has 0 fully saturated rings. The first-order valence-corrected chi connectivity index (χ1v) is 8.80. The van der Waals surface area contributed by atoms with Crippen LogP contribution in [-0.2, 0) is 0 Å². The van der Waals surface area contributed by atoms with Gasteiger partial charge in [0.2, 0.25) is 5.89 Å². The van der Waals surface area contributed by atoms with Crippen LogP contribution >= 0.6 is 11.8 Å². The molecule has 0 bridgehead atoms. The van der Waals surface area contributed by atoms with E-state index in [4.69, 9.17) is 8.83 Å². The van der Waals surface area contributed by atoms with E-state index in [1.807, 2.05) is 55.5 Å². The Balaban J connectivity index is 1.53. The van der Waals surface area contributed by atoms with E-state index >= 15 is 0 Å². The SMILES string of the molecule is Cc1ccc(-c2nnc(Sc3ncnc4c3oc3ccccc34)o2)cc1. The number of hydrogen-bond donors (Lipinski definition) is 0. The number of aryl methyl sites for hydroxylation is 1. The number of benzene rings is 2. The van der Waals surface area contributed by atoms with Crippen molar-refractivity contribution in [2.24, 2.45) is 0 Å². The second-order valence-electron chi connectivity index (χ2n) is 5.80. The molecule has 0 aliphatic carbocycles. The fraction of sp³-hybridized carbons (Fsp3) is 0.0526. The minimum Gasteiger partial charge on any atom is -0.451 e. The van der Waals surface area contributed by atoms with E-state index < -0.39 is 0 Å². The summed E-state index contributed by atoms with van der Waals surface area (Å²) in [6.45, 7) is 2.03. The lowest BCUT2D eigenvalue weighted by molar-refractivity contribution is 0.465. The molecule has 0 N–H and O–H groups in total. The van der Waals surface area contributed by atoms with Crippen molar-refractivity contribution in [3.8, 4) is 11.5 Å². The number of hydrogen-bond acceptors (Lipinski definition) is 7. The fourth-order valence-corrected chi connectivity index (χ4v) is 3.42. The molecule has 5 rings (SSSR count). The molecule has 126 valence electrons. The molecule has 3 heterocycles. The molecule has 3 aromatic heterocycles. The largest absolute Gasteiger partial charge is 0.451 e. The Hall–Kier alpha value is -3.19. The number of para-hydroxylation sites is 1. The Morgan fingerprint density at radius 1 is 0.885 bits per heavy atom. The van der Waals surface area contributed by atoms with Gasteiger partial charge in [-0.05, 0) is 43.0 Å². The summed E-state index contributed by atoms with van der Waals surface area (Å²) in [6.07, 6.45) is 1.52. The van der Waals surface area contributed by atoms with Crippen molar-refractivity contribution in [1.82, 2.24) is 20.2 Å². The first-order valence-electron chi connectivity index (χ1n) is 7.98. The van der Waals surface area contributed by atoms with Gasteiger partial charge in [-0.1, -0.05) is 29.8 Å². The van der Waals surface area contributed by atoms with Gasteiger partial charge in [-0.25, -0.2) is 9.97 Å². The van der Waals surface area contributed by atoms with Crippen molar-refractivity contribution in [3.05, 3.63) is 60.4 Å². The van der Waals surface area contributed by atoms with E-state index in [-0.39, 0.29) is 0 Å². The number of nitrogens with zero attached hydrogens (tertiary/aromatic N) is 4. The monoisotopic (exact) mass is 360 g/mol. The van der Waals surface area contributed by atoms with Crippen LogP contribution in [0.1, 0.15) is 5.56 Å². The maximum absolute atomic E-state index is 5.92. The van der Waals surface area contributed by atoms with Crippen molar-refractivity contribution in [1.29, 1.82) is 0 Å². The summed E-state index contributed by atoms with van der Waals surface area (Å²) < 4.78 is 11.7. The summed E-state index contributed by atoms with van der Waals surface area (Å²) in [6, 6.07) is 15.7. The molecule has 2 aromatic carbocycles. The van der Waals surface area contributed by atoms with Gasteiger partial charge in [-0.3, -0.25) is 0 Å². The molecule has 26 heavy (non-hydrogen) atoms. The molecular weight excluding hydrogens is 348 g/mol. The highest BCUT2D eigenvalue weighted by Crippen LogP contribution is 2.35. The van der Waals surface area contributed by atoms with E-state index in [2.05, 4.69) is 20.2 Å². The fourth-order valence-electron chi connectivity index (χ4n) is 2.72. The van der Waals surface area contributed by atoms with Gasteiger partial charge in [-0.2, -0.15) is 0 Å². The number of rotatable bonds is 3. The maximum Gasteiger partial charge on any atom is 0.283 e. The predicted octanol–water partition coefficient (Wildman–Crippen LogP) is 4.89. The highest BCUT2D eigenvalue weighted by Gasteiger charge is 2.17. The van der Waals surface area contributed by atoms with Crippen LogP contribution < -0.4 is 0 Å². The van der Waals surface area contributed by atoms with Gasteiger partial charge < -0.3 is 8.83 Å². The lowest BCUT2D eigenvalue weighted by Gasteiger charge is -1.97. The quantitative estimate of drug-likeness (QED) is 0.424. The average molecular weight is 360 g/mol. The van der Waals surface area contributed by atoms with Gasteiger partial charge >= 0.3 is 0 Å². The van der Waals surface area contributed by atoms with Gasteiger partial charge in [0.1, 0.15) is 17.4 Å². The highest BCUT2D eigenvalue weighted by molar-refractivity contribution is 7.99. The molecule has 0 amide bonds. The third kappa shape index (κ3) is 2.53. The summed E-state index contributed by atoms with van der Waals surface area (Å²) in [5.41, 5.74) is 4.23. The zero-order valence-corrected chi connectivity index (χ0v) is 14.5. The predicted molar refractivity (Wildman–Crippen MR) is 97.9 cm³/mol. The second kappa shape index (κ2) is 5.96. The average Bonchev–Trinajstić information content (AvgIpc) is 3.28. The third-order valence-electron chi connectivity index (χ3n) is 4.01. The number of fused-ring (bicyclic) bond motifs is 3. The highest BCUT2D eigenvalue weighted by atomic mass is 32.2. The normalized spacial score (nSPS) is 11.4. The molecule has 0 atom stereocenters. The van der Waals surface area contributed by atoms with Crippen LogP contribution in [0, 0.1) is 6.92 Å². The Morgan fingerprint density at radius 3 is 2.62 bits per heavy atom. The molecule has 0 saturated heterocycles. The van der Waals surface area contributed by atoms with Crippen LogP contribution in [0.5, 0.6) is 0 Å². The Morgan fingerprint density at radius 2 is 1.73 bits per heavy atom. The van der Waals surface area contributed by atoms with Crippen molar-refractivity contribution in [2.45, 2.75) is 17.2 Å². The molecule has 7 heteroatoms. The molecule has 0 spiro atoms. The second-order valence-corrected chi connectivity index (χ2v) is 6.74. The summed E-state index contributed by atoms with van der Waals surface area (Å²) in [7, 11) is 0. The molecule has 6 nitrogen and oxygen atoms in total. The minimum absolute atomic E-state index is 0.404. The standard InChI is InChI=1S/C19H12N4O2S/c1-11-6-8-12(9-7-11)17-22-23-19(25-17)26-18-16-15(20-10-21-18)13-4-2-3-5-14(13)24-16/h2-10H,1H3. The van der Waals surface area contributed by atoms with E-state index in [1.165, 1.54) is 23.7 Å². The van der Waals surface area contributed by atoms with Crippen LogP contribution in [0.25, 0.3) is 33.5 Å². The molecule has 0 aliphatic rings. The molecule has 0 unspecified atom stereocenters. The van der Waals surface area contributed by atoms with Crippen molar-refractivity contribution < 1.29 is 8.83 Å². The first kappa shape index (κ1) is 15.1. The summed E-state index contributed by atoms with van der Waals surface area (Å²) in [4.78, 5) is 8.67. The van der Waals surface area contributed by atoms with Crippen LogP contribution in [-0.4, -0.2) is 20.2 Å². The minimum atomic E-state index is 0.404. The van der Waals surface area contributed by atoms with Gasteiger partial charge in [0, 0.05) is 10.9 Å². The topological polar surface area (TPSA) is 77.8 Å². The molecule has 0 radical (unpaired) electrons. The molecular formula is C19H12N4O2S. The maximum atomic E-state index is 5.92. The lowest BCUT2D eigenvalue weighted by atomic mass is 10.1. The van der Waals surface area contributed by atoms with Crippen LogP contribution in [0.2, 0.25) is 0 Å². The molecule has 0 saturated carbocycles. The van der Waals surface area contributed by atoms with Gasteiger partial charge in [0.25, 0.3) is 5.22 Å². The summed E-state index contributed by atoms with van der Waals surface area (Å²) >= 11 is 1.27. The zero-order valence-electron chi connectivity index (χ0n) is 13.7.